The van der Waals surface area contributed by atoms with E-state index in [1.54, 1.807) is 24.3 Å². The molecule has 0 aliphatic heterocycles. The van der Waals surface area contributed by atoms with Gasteiger partial charge in [-0.15, -0.1) is 0 Å². The lowest BCUT2D eigenvalue weighted by molar-refractivity contribution is -0.159. The van der Waals surface area contributed by atoms with E-state index >= 15 is 0 Å². The summed E-state index contributed by atoms with van der Waals surface area (Å²) < 4.78 is 41.7. The van der Waals surface area contributed by atoms with Gasteiger partial charge in [-0.2, -0.15) is 23.2 Å². The summed E-state index contributed by atoms with van der Waals surface area (Å²) in [6, 6.07) is 5.99. The number of benzene rings is 1. The number of carbonyl (C=O) groups excluding carboxylic acids is 1. The summed E-state index contributed by atoms with van der Waals surface area (Å²) in [5, 5.41) is 7.25. The molecule has 1 heterocycles. The number of hydrogen-bond donors (Lipinski definition) is 1. The van der Waals surface area contributed by atoms with Gasteiger partial charge >= 0.3 is 18.1 Å². The number of rotatable bonds is 6. The quantitative estimate of drug-likeness (QED) is 0.784. The van der Waals surface area contributed by atoms with Crippen LogP contribution in [0.1, 0.15) is 31.7 Å². The van der Waals surface area contributed by atoms with Crippen molar-refractivity contribution in [2.24, 2.45) is 0 Å². The summed E-state index contributed by atoms with van der Waals surface area (Å²) in [4.78, 5) is 20.5. The third-order valence-electron chi connectivity index (χ3n) is 3.64. The van der Waals surface area contributed by atoms with Crippen LogP contribution in [0, 0.1) is 0 Å². The molecule has 0 aliphatic rings. The Kier molecular flexibility index (Phi) is 6.19. The number of nitrogens with zero attached hydrogens (tertiary/aromatic N) is 3. The van der Waals surface area contributed by atoms with Crippen molar-refractivity contribution in [2.45, 2.75) is 39.0 Å². The number of halogens is 3. The van der Waals surface area contributed by atoms with Crippen LogP contribution in [-0.4, -0.2) is 34.4 Å². The van der Waals surface area contributed by atoms with Crippen LogP contribution in [-0.2, 0) is 17.6 Å². The van der Waals surface area contributed by atoms with Crippen LogP contribution in [0.3, 0.4) is 0 Å². The number of hydrogen-bond acceptors (Lipinski definition) is 5. The maximum atomic E-state index is 12.5. The second-order valence-corrected chi connectivity index (χ2v) is 5.60. The third kappa shape index (κ3) is 4.94. The van der Waals surface area contributed by atoms with Gasteiger partial charge in [0.1, 0.15) is 0 Å². The van der Waals surface area contributed by atoms with Crippen LogP contribution in [0.15, 0.2) is 28.8 Å². The van der Waals surface area contributed by atoms with E-state index < -0.39 is 12.1 Å². The standard InChI is InChI=1S/C16H19F3N4O3/c1-4-10(2)20-15(24)23(25-3)9-11-5-7-12(8-6-11)13-21-14(26-22-13)16(17,18)19/h5-8,10H,4,9H2,1-3H3,(H,20,24). The lowest BCUT2D eigenvalue weighted by atomic mass is 10.1. The maximum Gasteiger partial charge on any atom is 0.471 e. The van der Waals surface area contributed by atoms with Gasteiger partial charge in [0.15, 0.2) is 0 Å². The van der Waals surface area contributed by atoms with E-state index in [1.807, 2.05) is 13.8 Å². The Morgan fingerprint density at radius 2 is 2.00 bits per heavy atom. The lowest BCUT2D eigenvalue weighted by Crippen LogP contribution is -2.42. The molecule has 2 rings (SSSR count). The van der Waals surface area contributed by atoms with Crippen LogP contribution in [0.4, 0.5) is 18.0 Å². The molecule has 0 spiro atoms. The van der Waals surface area contributed by atoms with Crippen LogP contribution >= 0.6 is 0 Å². The highest BCUT2D eigenvalue weighted by Crippen LogP contribution is 2.29. The fourth-order valence-electron chi connectivity index (χ4n) is 1.99. The molecule has 26 heavy (non-hydrogen) atoms. The summed E-state index contributed by atoms with van der Waals surface area (Å²) >= 11 is 0. The molecule has 2 amide bonds. The van der Waals surface area contributed by atoms with Gasteiger partial charge < -0.3 is 9.84 Å². The highest BCUT2D eigenvalue weighted by molar-refractivity contribution is 5.73. The Labute approximate surface area is 148 Å². The second kappa shape index (κ2) is 8.17. The number of aromatic nitrogens is 2. The van der Waals surface area contributed by atoms with E-state index in [0.29, 0.717) is 5.56 Å². The first-order chi connectivity index (χ1) is 12.2. The normalized spacial score (nSPS) is 12.7. The molecule has 10 heteroatoms. The van der Waals surface area contributed by atoms with E-state index in [-0.39, 0.29) is 24.4 Å². The van der Waals surface area contributed by atoms with Gasteiger partial charge in [-0.3, -0.25) is 4.84 Å². The number of hydroxylamine groups is 2. The van der Waals surface area contributed by atoms with Crippen molar-refractivity contribution >= 4 is 6.03 Å². The molecule has 1 unspecified atom stereocenters. The van der Waals surface area contributed by atoms with Gasteiger partial charge in [-0.1, -0.05) is 36.3 Å². The second-order valence-electron chi connectivity index (χ2n) is 5.60. The van der Waals surface area contributed by atoms with Gasteiger partial charge in [0.05, 0.1) is 13.7 Å². The molecule has 0 aliphatic carbocycles. The number of carbonyl (C=O) groups is 1. The van der Waals surface area contributed by atoms with Crippen molar-refractivity contribution in [1.82, 2.24) is 20.5 Å². The number of alkyl halides is 3. The smallest absolute Gasteiger partial charge is 0.334 e. The summed E-state index contributed by atoms with van der Waals surface area (Å²) in [6.45, 7) is 3.99. The maximum absolute atomic E-state index is 12.5. The average Bonchev–Trinajstić information content (AvgIpc) is 3.10. The monoisotopic (exact) mass is 372 g/mol. The fraction of sp³-hybridized carbons (Fsp3) is 0.438. The molecule has 142 valence electrons. The van der Waals surface area contributed by atoms with E-state index in [2.05, 4.69) is 20.0 Å². The van der Waals surface area contributed by atoms with Gasteiger partial charge in [-0.25, -0.2) is 4.79 Å². The zero-order valence-electron chi connectivity index (χ0n) is 14.5. The number of amides is 2. The predicted molar refractivity (Wildman–Crippen MR) is 85.6 cm³/mol. The lowest BCUT2D eigenvalue weighted by Gasteiger charge is -2.22. The topological polar surface area (TPSA) is 80.5 Å². The summed E-state index contributed by atoms with van der Waals surface area (Å²) in [6.07, 6.45) is -3.91. The van der Waals surface area contributed by atoms with Crippen molar-refractivity contribution in [2.75, 3.05) is 7.11 Å². The highest BCUT2D eigenvalue weighted by atomic mass is 19.4. The van der Waals surface area contributed by atoms with Crippen molar-refractivity contribution in [3.05, 3.63) is 35.7 Å². The van der Waals surface area contributed by atoms with Crippen molar-refractivity contribution in [1.29, 1.82) is 0 Å². The van der Waals surface area contributed by atoms with Crippen LogP contribution in [0.25, 0.3) is 11.4 Å². The van der Waals surface area contributed by atoms with Gasteiger partial charge in [0.2, 0.25) is 5.82 Å². The summed E-state index contributed by atoms with van der Waals surface area (Å²) in [7, 11) is 1.38. The number of nitrogens with one attached hydrogen (secondary N) is 1. The van der Waals surface area contributed by atoms with Crippen LogP contribution in [0.5, 0.6) is 0 Å². The molecular formula is C16H19F3N4O3. The van der Waals surface area contributed by atoms with Crippen molar-refractivity contribution in [3.8, 4) is 11.4 Å². The molecule has 2 aromatic rings. The predicted octanol–water partition coefficient (Wildman–Crippen LogP) is 3.63. The van der Waals surface area contributed by atoms with E-state index in [1.165, 1.54) is 7.11 Å². The molecule has 0 radical (unpaired) electrons. The third-order valence-corrected chi connectivity index (χ3v) is 3.64. The first-order valence-electron chi connectivity index (χ1n) is 7.87. The minimum atomic E-state index is -4.69. The van der Waals surface area contributed by atoms with E-state index in [9.17, 15) is 18.0 Å². The Morgan fingerprint density at radius 1 is 1.35 bits per heavy atom. The van der Waals surface area contributed by atoms with Gasteiger partial charge in [0, 0.05) is 11.6 Å². The molecule has 0 saturated carbocycles. The van der Waals surface area contributed by atoms with Gasteiger partial charge in [-0.05, 0) is 18.9 Å². The average molecular weight is 372 g/mol. The van der Waals surface area contributed by atoms with Gasteiger partial charge in [0.25, 0.3) is 0 Å². The highest BCUT2D eigenvalue weighted by Gasteiger charge is 2.38. The van der Waals surface area contributed by atoms with Crippen LogP contribution < -0.4 is 5.32 Å². The Hall–Kier alpha value is -2.62. The minimum absolute atomic E-state index is 0.00333. The first kappa shape index (κ1) is 19.7. The molecular weight excluding hydrogens is 353 g/mol. The zero-order valence-corrected chi connectivity index (χ0v) is 14.5. The molecule has 0 bridgehead atoms. The Morgan fingerprint density at radius 3 is 2.50 bits per heavy atom. The number of urea groups is 1. The molecule has 7 nitrogen and oxygen atoms in total. The Bertz CT molecular complexity index is 731. The fourth-order valence-corrected chi connectivity index (χ4v) is 1.99. The summed E-state index contributed by atoms with van der Waals surface area (Å²) in [5.74, 6) is -1.56. The van der Waals surface area contributed by atoms with Crippen molar-refractivity contribution in [3.63, 3.8) is 0 Å². The summed E-state index contributed by atoms with van der Waals surface area (Å²) in [5.41, 5.74) is 1.08. The first-order valence-corrected chi connectivity index (χ1v) is 7.87. The van der Waals surface area contributed by atoms with Crippen molar-refractivity contribution < 1.29 is 27.3 Å². The molecule has 1 atom stereocenters. The minimum Gasteiger partial charge on any atom is -0.334 e. The van der Waals surface area contributed by atoms with E-state index in [0.717, 1.165) is 17.0 Å². The molecule has 1 aromatic heterocycles. The Balaban J connectivity index is 2.06. The van der Waals surface area contributed by atoms with E-state index in [4.69, 9.17) is 4.84 Å². The largest absolute Gasteiger partial charge is 0.471 e. The molecule has 1 aromatic carbocycles. The SMILES string of the molecule is CCC(C)NC(=O)N(Cc1ccc(-c2noc(C(F)(F)F)n2)cc1)OC. The molecule has 0 fully saturated rings. The van der Waals surface area contributed by atoms with Crippen LogP contribution in [0.2, 0.25) is 0 Å². The zero-order chi connectivity index (χ0) is 19.3. The molecule has 0 saturated heterocycles. The molecule has 1 N–H and O–H groups in total.